The van der Waals surface area contributed by atoms with E-state index in [9.17, 15) is 58.5 Å². The van der Waals surface area contributed by atoms with Crippen LogP contribution in [-0.4, -0.2) is 162 Å². The largest absolute Gasteiger partial charge is 0.480 e. The number of aliphatic hydroxyl groups is 2. The van der Waals surface area contributed by atoms with Gasteiger partial charge in [0.2, 0.25) is 47.3 Å². The number of carbonyl (C=O) groups is 9. The Balaban J connectivity index is 6.02. The highest BCUT2D eigenvalue weighted by molar-refractivity contribution is 5.97. The molecule has 0 saturated carbocycles. The zero-order valence-corrected chi connectivity index (χ0v) is 37.8. The van der Waals surface area contributed by atoms with Crippen molar-refractivity contribution in [2.24, 2.45) is 56.0 Å². The van der Waals surface area contributed by atoms with Gasteiger partial charge in [0.25, 0.3) is 0 Å². The number of aliphatic imine (C=N–C) groups is 2. The average Bonchev–Trinajstić information content (AvgIpc) is 3.24. The second-order valence-electron chi connectivity index (χ2n) is 15.7. The van der Waals surface area contributed by atoms with Crippen molar-refractivity contribution in [3.63, 3.8) is 0 Å². The van der Waals surface area contributed by atoms with E-state index in [0.717, 1.165) is 0 Å². The summed E-state index contributed by atoms with van der Waals surface area (Å²) in [5.41, 5.74) is 38.1. The van der Waals surface area contributed by atoms with Gasteiger partial charge in [-0.1, -0.05) is 13.8 Å². The second kappa shape index (κ2) is 32.3. The molecule has 8 amide bonds. The summed E-state index contributed by atoms with van der Waals surface area (Å²) >= 11 is 0. The molecule has 0 aliphatic rings. The zero-order chi connectivity index (χ0) is 50.5. The van der Waals surface area contributed by atoms with Gasteiger partial charge in [-0.05, 0) is 77.2 Å². The fourth-order valence-corrected chi connectivity index (χ4v) is 5.86. The van der Waals surface area contributed by atoms with Crippen LogP contribution in [0.3, 0.4) is 0 Å². The Bertz CT molecular complexity index is 1680. The number of hydrogen-bond donors (Lipinski definition) is 17. The van der Waals surface area contributed by atoms with Crippen molar-refractivity contribution in [2.75, 3.05) is 32.8 Å². The lowest BCUT2D eigenvalue weighted by atomic mass is 10.0. The summed E-state index contributed by atoms with van der Waals surface area (Å²) in [6.45, 7) is 3.29. The summed E-state index contributed by atoms with van der Waals surface area (Å²) in [5.74, 6) is -9.45. The first kappa shape index (κ1) is 59.6. The first-order valence-electron chi connectivity index (χ1n) is 21.4. The Labute approximate surface area is 382 Å². The number of aliphatic hydroxyl groups excluding tert-OH is 2. The van der Waals surface area contributed by atoms with Gasteiger partial charge in [0, 0.05) is 19.5 Å². The predicted molar refractivity (Wildman–Crippen MR) is 240 cm³/mol. The van der Waals surface area contributed by atoms with Gasteiger partial charge in [-0.2, -0.15) is 0 Å². The van der Waals surface area contributed by atoms with Crippen LogP contribution in [0.15, 0.2) is 9.98 Å². The molecule has 0 aromatic rings. The van der Waals surface area contributed by atoms with Crippen molar-refractivity contribution < 1.29 is 58.5 Å². The molecule has 0 heterocycles. The fraction of sp³-hybridized carbons (Fsp3) is 0.711. The van der Waals surface area contributed by atoms with Gasteiger partial charge < -0.3 is 92.7 Å². The molecule has 0 aromatic heterocycles. The Morgan fingerprint density at radius 2 is 0.909 bits per heavy atom. The predicted octanol–water partition coefficient (Wildman–Crippen LogP) is -7.66. The SMILES string of the molecule is CC(C)C[C@H](NC(=O)[C@H](CO)NC(=O)[C@H](C)NC(=O)[C@H](CCCN=C(N)N)NC(=O)[C@@H](N)CCCN=C(N)N)C(=O)N[C@@H](CCC(N)=O)C(=O)N[C@@H](CO)C(=O)N[C@@H](CCCCN)C(=O)O. The van der Waals surface area contributed by atoms with E-state index >= 15 is 0 Å². The maximum Gasteiger partial charge on any atom is 0.326 e. The third kappa shape index (κ3) is 25.2. The highest BCUT2D eigenvalue weighted by atomic mass is 16.4. The van der Waals surface area contributed by atoms with Crippen LogP contribution >= 0.6 is 0 Å². The number of rotatable bonds is 34. The minimum Gasteiger partial charge on any atom is -0.480 e. The van der Waals surface area contributed by atoms with Gasteiger partial charge in [0.1, 0.15) is 42.3 Å². The van der Waals surface area contributed by atoms with Crippen molar-refractivity contribution >= 4 is 65.1 Å². The summed E-state index contributed by atoms with van der Waals surface area (Å²) in [4.78, 5) is 124. The van der Waals surface area contributed by atoms with E-state index in [1.54, 1.807) is 13.8 Å². The van der Waals surface area contributed by atoms with Crippen LogP contribution in [0.2, 0.25) is 0 Å². The van der Waals surface area contributed by atoms with Gasteiger partial charge in [-0.25, -0.2) is 4.79 Å². The highest BCUT2D eigenvalue weighted by Crippen LogP contribution is 2.09. The summed E-state index contributed by atoms with van der Waals surface area (Å²) < 4.78 is 0. The van der Waals surface area contributed by atoms with Crippen LogP contribution in [0.25, 0.3) is 0 Å². The Morgan fingerprint density at radius 3 is 1.39 bits per heavy atom. The summed E-state index contributed by atoms with van der Waals surface area (Å²) in [6.07, 6.45) is 0.691. The second-order valence-corrected chi connectivity index (χ2v) is 15.7. The first-order valence-corrected chi connectivity index (χ1v) is 21.4. The molecule has 24 N–H and O–H groups in total. The molecular weight excluding hydrogens is 873 g/mol. The lowest BCUT2D eigenvalue weighted by Crippen LogP contribution is -2.60. The number of carbonyl (C=O) groups excluding carboxylic acids is 8. The topological polar surface area (TPSA) is 505 Å². The van der Waals surface area contributed by atoms with E-state index in [1.165, 1.54) is 6.92 Å². The molecule has 0 radical (unpaired) electrons. The molecule has 0 saturated heterocycles. The zero-order valence-electron chi connectivity index (χ0n) is 37.8. The molecule has 0 unspecified atom stereocenters. The standard InChI is InChI=1S/C38H72N16O12/c1-19(2)16-25(33(62)50-23(11-12-28(41)57)32(61)54-27(18-56)34(63)51-24(36(65)66)9-4-5-13-39)52-35(64)26(17-55)53-29(58)20(3)48-31(60)22(10-7-15-47-38(44)45)49-30(59)21(40)8-6-14-46-37(42)43/h19-27,55-56H,4-18,39-40H2,1-3H3,(H2,41,57)(H,48,60)(H,49,59)(H,50,62)(H,51,63)(H,52,64)(H,53,58)(H,54,61)(H,65,66)(H4,42,43,46)(H4,44,45,47)/t20-,21-,22-,23-,24-,25-,26-,27-/m0/s1. The van der Waals surface area contributed by atoms with Gasteiger partial charge in [0.05, 0.1) is 19.3 Å². The van der Waals surface area contributed by atoms with Crippen LogP contribution in [0.5, 0.6) is 0 Å². The maximum atomic E-state index is 13.7. The third-order valence-corrected chi connectivity index (χ3v) is 9.48. The first-order chi connectivity index (χ1) is 31.0. The molecule has 0 aliphatic heterocycles. The van der Waals surface area contributed by atoms with E-state index in [1.807, 2.05) is 0 Å². The van der Waals surface area contributed by atoms with Gasteiger partial charge >= 0.3 is 5.97 Å². The van der Waals surface area contributed by atoms with Crippen LogP contribution in [-0.2, 0) is 43.2 Å². The fourth-order valence-electron chi connectivity index (χ4n) is 5.86. The van der Waals surface area contributed by atoms with E-state index in [2.05, 4.69) is 47.2 Å². The number of primary amides is 1. The van der Waals surface area contributed by atoms with Crippen molar-refractivity contribution in [3.8, 4) is 0 Å². The number of aliphatic carboxylic acids is 1. The number of guanidine groups is 2. The molecule has 0 fully saturated rings. The van der Waals surface area contributed by atoms with Crippen molar-refractivity contribution in [1.82, 2.24) is 37.2 Å². The molecule has 28 heteroatoms. The maximum absolute atomic E-state index is 13.7. The van der Waals surface area contributed by atoms with Crippen LogP contribution in [0, 0.1) is 5.92 Å². The molecule has 66 heavy (non-hydrogen) atoms. The Hall–Kier alpha value is -6.39. The number of nitrogens with zero attached hydrogens (tertiary/aromatic N) is 2. The summed E-state index contributed by atoms with van der Waals surface area (Å²) in [6, 6.07) is -11.4. The van der Waals surface area contributed by atoms with Crippen LogP contribution < -0.4 is 77.4 Å². The molecule has 28 nitrogen and oxygen atoms in total. The third-order valence-electron chi connectivity index (χ3n) is 9.48. The van der Waals surface area contributed by atoms with Gasteiger partial charge in [-0.3, -0.25) is 48.3 Å². The van der Waals surface area contributed by atoms with Crippen molar-refractivity contribution in [3.05, 3.63) is 0 Å². The molecule has 8 atom stereocenters. The van der Waals surface area contributed by atoms with E-state index in [4.69, 9.17) is 40.1 Å². The van der Waals surface area contributed by atoms with Crippen molar-refractivity contribution in [1.29, 1.82) is 0 Å². The molecular formula is C38H72N16O12. The van der Waals surface area contributed by atoms with Crippen LogP contribution in [0.1, 0.15) is 85.0 Å². The minimum absolute atomic E-state index is 0.00759. The number of nitrogens with two attached hydrogens (primary N) is 7. The number of carboxylic acid groups (broad SMARTS) is 1. The van der Waals surface area contributed by atoms with Crippen molar-refractivity contribution in [2.45, 2.75) is 133 Å². The number of hydrogen-bond acceptors (Lipinski definition) is 15. The monoisotopic (exact) mass is 945 g/mol. The summed E-state index contributed by atoms with van der Waals surface area (Å²) in [5, 5.41) is 46.1. The molecule has 0 aliphatic carbocycles. The number of nitrogens with one attached hydrogen (secondary N) is 7. The average molecular weight is 945 g/mol. The molecule has 0 spiro atoms. The summed E-state index contributed by atoms with van der Waals surface area (Å²) in [7, 11) is 0. The van der Waals surface area contributed by atoms with Crippen LogP contribution in [0.4, 0.5) is 0 Å². The van der Waals surface area contributed by atoms with Gasteiger partial charge in [-0.15, -0.1) is 0 Å². The lowest BCUT2D eigenvalue weighted by molar-refractivity contribution is -0.142. The van der Waals surface area contributed by atoms with Gasteiger partial charge in [0.15, 0.2) is 11.9 Å². The van der Waals surface area contributed by atoms with E-state index in [0.29, 0.717) is 19.3 Å². The number of unbranched alkanes of at least 4 members (excludes halogenated alkanes) is 1. The van der Waals surface area contributed by atoms with E-state index in [-0.39, 0.29) is 69.6 Å². The molecule has 376 valence electrons. The van der Waals surface area contributed by atoms with E-state index < -0.39 is 128 Å². The molecule has 0 bridgehead atoms. The smallest absolute Gasteiger partial charge is 0.326 e. The normalized spacial score (nSPS) is 14.5. The number of carboxylic acids is 1. The minimum atomic E-state index is -1.69. The highest BCUT2D eigenvalue weighted by Gasteiger charge is 2.34. The lowest BCUT2D eigenvalue weighted by Gasteiger charge is -2.27. The molecule has 0 aromatic carbocycles. The Kier molecular flexibility index (Phi) is 29.2. The Morgan fingerprint density at radius 1 is 0.500 bits per heavy atom. The quantitative estimate of drug-likeness (QED) is 0.0162. The molecule has 0 rings (SSSR count). The number of amides is 8.